The van der Waals surface area contributed by atoms with Gasteiger partial charge in [-0.1, -0.05) is 66.3 Å². The summed E-state index contributed by atoms with van der Waals surface area (Å²) in [5.74, 6) is -0.0990. The van der Waals surface area contributed by atoms with Crippen LogP contribution in [0.2, 0.25) is 5.02 Å². The summed E-state index contributed by atoms with van der Waals surface area (Å²) in [7, 11) is 0. The third-order valence-corrected chi connectivity index (χ3v) is 4.70. The highest BCUT2D eigenvalue weighted by Gasteiger charge is 2.10. The zero-order chi connectivity index (χ0) is 16.9. The lowest BCUT2D eigenvalue weighted by Gasteiger charge is -2.03. The maximum absolute atomic E-state index is 12.1. The third-order valence-electron chi connectivity index (χ3n) is 3.56. The van der Waals surface area contributed by atoms with E-state index in [2.05, 4.69) is 22.4 Å². The molecule has 122 valence electrons. The van der Waals surface area contributed by atoms with Crippen molar-refractivity contribution in [3.63, 3.8) is 0 Å². The summed E-state index contributed by atoms with van der Waals surface area (Å²) in [4.78, 5) is 12.1. The van der Waals surface area contributed by atoms with E-state index in [4.69, 9.17) is 11.6 Å². The Bertz CT molecular complexity index is 828. The number of amides is 1. The summed E-state index contributed by atoms with van der Waals surface area (Å²) in [6, 6.07) is 15.4. The first-order chi connectivity index (χ1) is 11.6. The van der Waals surface area contributed by atoms with Crippen molar-refractivity contribution in [2.75, 3.05) is 5.32 Å². The largest absolute Gasteiger partial charge is 0.300 e. The van der Waals surface area contributed by atoms with Gasteiger partial charge < -0.3 is 5.32 Å². The molecule has 24 heavy (non-hydrogen) atoms. The van der Waals surface area contributed by atoms with E-state index in [0.29, 0.717) is 16.6 Å². The van der Waals surface area contributed by atoms with Crippen LogP contribution in [0.3, 0.4) is 0 Å². The molecule has 0 bridgehead atoms. The first-order valence-corrected chi connectivity index (χ1v) is 8.80. The predicted octanol–water partition coefficient (Wildman–Crippen LogP) is 4.60. The maximum atomic E-state index is 12.1. The molecule has 0 spiro atoms. The molecule has 1 aromatic heterocycles. The molecular weight excluding hydrogens is 342 g/mol. The minimum Gasteiger partial charge on any atom is -0.300 e. The minimum absolute atomic E-state index is 0.0990. The van der Waals surface area contributed by atoms with Crippen molar-refractivity contribution in [2.45, 2.75) is 19.8 Å². The Hall–Kier alpha value is -2.24. The number of rotatable bonds is 5. The van der Waals surface area contributed by atoms with Gasteiger partial charge in [-0.05, 0) is 29.7 Å². The van der Waals surface area contributed by atoms with E-state index in [1.54, 1.807) is 12.1 Å². The van der Waals surface area contributed by atoms with E-state index in [1.807, 2.05) is 36.4 Å². The highest BCUT2D eigenvalue weighted by molar-refractivity contribution is 7.18. The number of nitrogens with one attached hydrogen (secondary N) is 1. The number of benzene rings is 2. The van der Waals surface area contributed by atoms with Gasteiger partial charge in [-0.25, -0.2) is 0 Å². The Labute approximate surface area is 149 Å². The van der Waals surface area contributed by atoms with Gasteiger partial charge in [0.05, 0.1) is 6.42 Å². The number of halogens is 1. The predicted molar refractivity (Wildman–Crippen MR) is 98.5 cm³/mol. The van der Waals surface area contributed by atoms with Gasteiger partial charge in [0.2, 0.25) is 11.0 Å². The molecule has 0 aliphatic rings. The zero-order valence-corrected chi connectivity index (χ0v) is 14.7. The smallest absolute Gasteiger partial charge is 0.230 e. The molecule has 1 N–H and O–H groups in total. The zero-order valence-electron chi connectivity index (χ0n) is 13.1. The number of aromatic nitrogens is 2. The fraction of sp³-hybridized carbons (Fsp3) is 0.167. The van der Waals surface area contributed by atoms with Crippen LogP contribution in [0.15, 0.2) is 48.5 Å². The second-order valence-corrected chi connectivity index (χ2v) is 6.73. The molecule has 2 aromatic carbocycles. The van der Waals surface area contributed by atoms with Crippen molar-refractivity contribution >= 4 is 34.0 Å². The lowest BCUT2D eigenvalue weighted by molar-refractivity contribution is -0.115. The van der Waals surface area contributed by atoms with E-state index in [0.717, 1.165) is 22.6 Å². The molecule has 0 aliphatic carbocycles. The molecule has 0 radical (unpaired) electrons. The van der Waals surface area contributed by atoms with Crippen LogP contribution < -0.4 is 5.32 Å². The number of aryl methyl sites for hydroxylation is 1. The average molecular weight is 358 g/mol. The molecule has 1 heterocycles. The summed E-state index contributed by atoms with van der Waals surface area (Å²) in [5.41, 5.74) is 3.16. The third kappa shape index (κ3) is 4.19. The van der Waals surface area contributed by atoms with Gasteiger partial charge in [-0.15, -0.1) is 10.2 Å². The Morgan fingerprint density at radius 2 is 1.71 bits per heavy atom. The van der Waals surface area contributed by atoms with Crippen LogP contribution in [0.5, 0.6) is 0 Å². The fourth-order valence-electron chi connectivity index (χ4n) is 2.22. The van der Waals surface area contributed by atoms with Crippen LogP contribution in [0, 0.1) is 0 Å². The van der Waals surface area contributed by atoms with Crippen LogP contribution >= 0.6 is 22.9 Å². The molecule has 0 fully saturated rings. The van der Waals surface area contributed by atoms with E-state index < -0.39 is 0 Å². The van der Waals surface area contributed by atoms with Gasteiger partial charge in [-0.2, -0.15) is 0 Å². The van der Waals surface area contributed by atoms with Gasteiger partial charge in [0.1, 0.15) is 5.01 Å². The van der Waals surface area contributed by atoms with Crippen LogP contribution in [0.25, 0.3) is 10.6 Å². The molecular formula is C18H16ClN3OS. The van der Waals surface area contributed by atoms with Crippen molar-refractivity contribution < 1.29 is 4.79 Å². The minimum atomic E-state index is -0.0990. The van der Waals surface area contributed by atoms with Crippen molar-refractivity contribution in [3.8, 4) is 10.6 Å². The van der Waals surface area contributed by atoms with Crippen molar-refractivity contribution in [3.05, 3.63) is 64.7 Å². The number of nitrogens with zero attached hydrogens (tertiary/aromatic N) is 2. The second-order valence-electron chi connectivity index (χ2n) is 5.31. The average Bonchev–Trinajstić information content (AvgIpc) is 3.04. The lowest BCUT2D eigenvalue weighted by Crippen LogP contribution is -2.14. The second kappa shape index (κ2) is 7.55. The van der Waals surface area contributed by atoms with E-state index >= 15 is 0 Å². The normalized spacial score (nSPS) is 10.6. The Morgan fingerprint density at radius 1 is 1.04 bits per heavy atom. The van der Waals surface area contributed by atoms with E-state index in [-0.39, 0.29) is 5.91 Å². The number of hydrogen-bond acceptors (Lipinski definition) is 4. The van der Waals surface area contributed by atoms with Gasteiger partial charge in [-0.3, -0.25) is 4.79 Å². The molecule has 4 nitrogen and oxygen atoms in total. The standard InChI is InChI=1S/C18H16ClN3OS/c1-2-12-3-5-13(6-4-12)11-16(23)20-18-22-21-17(24-18)14-7-9-15(19)10-8-14/h3-10H,2,11H2,1H3,(H,20,22,23). The van der Waals surface area contributed by atoms with Crippen LogP contribution in [-0.4, -0.2) is 16.1 Å². The number of carbonyl (C=O) groups excluding carboxylic acids is 1. The van der Waals surface area contributed by atoms with Gasteiger partial charge in [0, 0.05) is 10.6 Å². The Balaban J connectivity index is 1.63. The summed E-state index contributed by atoms with van der Waals surface area (Å²) >= 11 is 7.22. The molecule has 0 unspecified atom stereocenters. The molecule has 3 aromatic rings. The molecule has 0 atom stereocenters. The molecule has 0 saturated carbocycles. The summed E-state index contributed by atoms with van der Waals surface area (Å²) in [5, 5.41) is 12.8. The Kier molecular flexibility index (Phi) is 5.23. The molecule has 3 rings (SSSR count). The molecule has 0 saturated heterocycles. The molecule has 6 heteroatoms. The number of hydrogen-bond donors (Lipinski definition) is 1. The molecule has 0 aliphatic heterocycles. The van der Waals surface area contributed by atoms with E-state index in [9.17, 15) is 4.79 Å². The van der Waals surface area contributed by atoms with Gasteiger partial charge in [0.15, 0.2) is 0 Å². The van der Waals surface area contributed by atoms with Crippen LogP contribution in [0.1, 0.15) is 18.1 Å². The first-order valence-electron chi connectivity index (χ1n) is 7.61. The quantitative estimate of drug-likeness (QED) is 0.725. The number of anilines is 1. The van der Waals surface area contributed by atoms with Crippen LogP contribution in [0.4, 0.5) is 5.13 Å². The highest BCUT2D eigenvalue weighted by atomic mass is 35.5. The van der Waals surface area contributed by atoms with E-state index in [1.165, 1.54) is 16.9 Å². The number of carbonyl (C=O) groups is 1. The fourth-order valence-corrected chi connectivity index (χ4v) is 3.12. The summed E-state index contributed by atoms with van der Waals surface area (Å²) < 4.78 is 0. The lowest BCUT2D eigenvalue weighted by atomic mass is 10.1. The first kappa shape index (κ1) is 16.6. The Morgan fingerprint density at radius 3 is 2.38 bits per heavy atom. The highest BCUT2D eigenvalue weighted by Crippen LogP contribution is 2.27. The SMILES string of the molecule is CCc1ccc(CC(=O)Nc2nnc(-c3ccc(Cl)cc3)s2)cc1. The van der Waals surface area contributed by atoms with Crippen molar-refractivity contribution in [1.29, 1.82) is 0 Å². The summed E-state index contributed by atoms with van der Waals surface area (Å²) in [6.45, 7) is 2.11. The maximum Gasteiger partial charge on any atom is 0.230 e. The van der Waals surface area contributed by atoms with Crippen molar-refractivity contribution in [1.82, 2.24) is 10.2 Å². The monoisotopic (exact) mass is 357 g/mol. The molecule has 1 amide bonds. The van der Waals surface area contributed by atoms with Gasteiger partial charge in [0.25, 0.3) is 0 Å². The summed E-state index contributed by atoms with van der Waals surface area (Å²) in [6.07, 6.45) is 1.31. The van der Waals surface area contributed by atoms with Crippen molar-refractivity contribution in [2.24, 2.45) is 0 Å². The van der Waals surface area contributed by atoms with Gasteiger partial charge >= 0.3 is 0 Å². The topological polar surface area (TPSA) is 54.9 Å². The van der Waals surface area contributed by atoms with Crippen LogP contribution in [-0.2, 0) is 17.6 Å².